The Morgan fingerprint density at radius 3 is 2.47 bits per heavy atom. The summed E-state index contributed by atoms with van der Waals surface area (Å²) >= 11 is 0. The van der Waals surface area contributed by atoms with Gasteiger partial charge in [-0.3, -0.25) is 4.79 Å². The molecule has 0 aliphatic carbocycles. The van der Waals surface area contributed by atoms with Crippen molar-refractivity contribution in [2.24, 2.45) is 0 Å². The number of carboxylic acid groups (broad SMARTS) is 1. The maximum absolute atomic E-state index is 11.2. The minimum Gasteiger partial charge on any atom is -0.481 e. The van der Waals surface area contributed by atoms with Crippen molar-refractivity contribution < 1.29 is 9.90 Å². The lowest BCUT2D eigenvalue weighted by Crippen LogP contribution is -2.11. The van der Waals surface area contributed by atoms with Crippen LogP contribution in [0, 0.1) is 11.3 Å². The predicted molar refractivity (Wildman–Crippen MR) is 65.7 cm³/mol. The first kappa shape index (κ1) is 13.2. The molecule has 0 saturated heterocycles. The maximum Gasteiger partial charge on any atom is 0.310 e. The van der Waals surface area contributed by atoms with Gasteiger partial charge >= 0.3 is 5.97 Å². The number of unbranched alkanes of at least 4 members (excludes halogenated alkanes) is 2. The van der Waals surface area contributed by atoms with Gasteiger partial charge in [0.2, 0.25) is 0 Å². The first-order valence-electron chi connectivity index (χ1n) is 5.92. The molecule has 1 unspecified atom stereocenters. The standard InChI is InChI=1S/C14H17NO2/c1-2-3-4-5-13(14(16)17)12-8-6-11(10-15)7-9-12/h6-9,13H,2-5H2,1H3,(H,16,17). The Hall–Kier alpha value is -1.82. The fourth-order valence-corrected chi connectivity index (χ4v) is 1.82. The Balaban J connectivity index is 2.75. The minimum absolute atomic E-state index is 0.450. The number of nitrogens with zero attached hydrogens (tertiary/aromatic N) is 1. The molecule has 0 heterocycles. The van der Waals surface area contributed by atoms with Crippen LogP contribution in [0.1, 0.15) is 49.7 Å². The Bertz CT molecular complexity index is 403. The Morgan fingerprint density at radius 1 is 1.35 bits per heavy atom. The molecule has 0 amide bonds. The second kappa shape index (κ2) is 6.70. The van der Waals surface area contributed by atoms with Crippen molar-refractivity contribution >= 4 is 5.97 Å². The molecule has 0 radical (unpaired) electrons. The number of nitriles is 1. The zero-order chi connectivity index (χ0) is 12.7. The van der Waals surface area contributed by atoms with E-state index in [0.717, 1.165) is 24.8 Å². The lowest BCUT2D eigenvalue weighted by molar-refractivity contribution is -0.139. The third-order valence-electron chi connectivity index (χ3n) is 2.84. The SMILES string of the molecule is CCCCCC(C(=O)O)c1ccc(C#N)cc1. The number of rotatable bonds is 6. The molecule has 0 saturated carbocycles. The van der Waals surface area contributed by atoms with E-state index in [-0.39, 0.29) is 0 Å². The van der Waals surface area contributed by atoms with Gasteiger partial charge in [0.05, 0.1) is 17.6 Å². The number of hydrogen-bond donors (Lipinski definition) is 1. The van der Waals surface area contributed by atoms with Gasteiger partial charge in [0, 0.05) is 0 Å². The van der Waals surface area contributed by atoms with Crippen molar-refractivity contribution in [3.05, 3.63) is 35.4 Å². The summed E-state index contributed by atoms with van der Waals surface area (Å²) < 4.78 is 0. The summed E-state index contributed by atoms with van der Waals surface area (Å²) in [5.74, 6) is -1.24. The van der Waals surface area contributed by atoms with Gasteiger partial charge in [-0.2, -0.15) is 5.26 Å². The van der Waals surface area contributed by atoms with Crippen LogP contribution in [-0.2, 0) is 4.79 Å². The quantitative estimate of drug-likeness (QED) is 0.764. The molecule has 0 bridgehead atoms. The van der Waals surface area contributed by atoms with E-state index in [0.29, 0.717) is 12.0 Å². The van der Waals surface area contributed by atoms with Gasteiger partial charge in [0.15, 0.2) is 0 Å². The van der Waals surface area contributed by atoms with Crippen molar-refractivity contribution in [1.82, 2.24) is 0 Å². The van der Waals surface area contributed by atoms with Crippen molar-refractivity contribution in [1.29, 1.82) is 5.26 Å². The lowest BCUT2D eigenvalue weighted by atomic mass is 9.93. The van der Waals surface area contributed by atoms with E-state index in [9.17, 15) is 9.90 Å². The largest absolute Gasteiger partial charge is 0.481 e. The molecule has 0 spiro atoms. The highest BCUT2D eigenvalue weighted by atomic mass is 16.4. The average Bonchev–Trinajstić information content (AvgIpc) is 2.34. The molecule has 1 atom stereocenters. The van der Waals surface area contributed by atoms with Crippen LogP contribution in [0.2, 0.25) is 0 Å². The summed E-state index contributed by atoms with van der Waals surface area (Å²) in [4.78, 5) is 11.2. The summed E-state index contributed by atoms with van der Waals surface area (Å²) in [7, 11) is 0. The Kier molecular flexibility index (Phi) is 5.22. The normalized spacial score (nSPS) is 11.8. The van der Waals surface area contributed by atoms with Gasteiger partial charge in [-0.05, 0) is 24.1 Å². The fourth-order valence-electron chi connectivity index (χ4n) is 1.82. The molecule has 1 aromatic rings. The molecule has 1 rings (SSSR count). The zero-order valence-corrected chi connectivity index (χ0v) is 10.0. The molecule has 17 heavy (non-hydrogen) atoms. The Labute approximate surface area is 102 Å². The predicted octanol–water partition coefficient (Wildman–Crippen LogP) is 3.31. The van der Waals surface area contributed by atoms with Crippen LogP contribution in [-0.4, -0.2) is 11.1 Å². The average molecular weight is 231 g/mol. The molecular formula is C14H17NO2. The smallest absolute Gasteiger partial charge is 0.310 e. The molecule has 1 aromatic carbocycles. The van der Waals surface area contributed by atoms with E-state index in [1.807, 2.05) is 6.07 Å². The molecule has 0 aliphatic heterocycles. The highest BCUT2D eigenvalue weighted by Crippen LogP contribution is 2.23. The monoisotopic (exact) mass is 231 g/mol. The third-order valence-corrected chi connectivity index (χ3v) is 2.84. The van der Waals surface area contributed by atoms with E-state index in [4.69, 9.17) is 5.26 Å². The first-order valence-corrected chi connectivity index (χ1v) is 5.92. The highest BCUT2D eigenvalue weighted by molar-refractivity contribution is 5.76. The van der Waals surface area contributed by atoms with E-state index in [1.165, 1.54) is 0 Å². The highest BCUT2D eigenvalue weighted by Gasteiger charge is 2.18. The molecular weight excluding hydrogens is 214 g/mol. The number of hydrogen-bond acceptors (Lipinski definition) is 2. The minimum atomic E-state index is -0.786. The van der Waals surface area contributed by atoms with Gasteiger partial charge in [-0.15, -0.1) is 0 Å². The first-order chi connectivity index (χ1) is 8.19. The van der Waals surface area contributed by atoms with Crippen LogP contribution in [0.15, 0.2) is 24.3 Å². The summed E-state index contributed by atoms with van der Waals surface area (Å²) in [6.07, 6.45) is 3.72. The van der Waals surface area contributed by atoms with Crippen molar-refractivity contribution in [3.63, 3.8) is 0 Å². The molecule has 3 heteroatoms. The molecule has 1 N–H and O–H groups in total. The summed E-state index contributed by atoms with van der Waals surface area (Å²) in [6, 6.07) is 8.85. The summed E-state index contributed by atoms with van der Waals surface area (Å²) in [6.45, 7) is 2.09. The van der Waals surface area contributed by atoms with Crippen molar-refractivity contribution in [2.75, 3.05) is 0 Å². The zero-order valence-electron chi connectivity index (χ0n) is 10.0. The van der Waals surface area contributed by atoms with E-state index in [2.05, 4.69) is 6.92 Å². The number of carboxylic acids is 1. The lowest BCUT2D eigenvalue weighted by Gasteiger charge is -2.12. The van der Waals surface area contributed by atoms with E-state index >= 15 is 0 Å². The molecule has 0 fully saturated rings. The van der Waals surface area contributed by atoms with Crippen LogP contribution in [0.25, 0.3) is 0 Å². The van der Waals surface area contributed by atoms with Crippen LogP contribution < -0.4 is 0 Å². The molecule has 90 valence electrons. The van der Waals surface area contributed by atoms with Gasteiger partial charge in [-0.1, -0.05) is 38.3 Å². The number of carbonyl (C=O) groups is 1. The topological polar surface area (TPSA) is 61.1 Å². The van der Waals surface area contributed by atoms with Crippen LogP contribution in [0.5, 0.6) is 0 Å². The molecule has 0 aromatic heterocycles. The van der Waals surface area contributed by atoms with Crippen molar-refractivity contribution in [2.45, 2.75) is 38.5 Å². The van der Waals surface area contributed by atoms with E-state index < -0.39 is 11.9 Å². The number of aliphatic carboxylic acids is 1. The molecule has 3 nitrogen and oxygen atoms in total. The maximum atomic E-state index is 11.2. The fraction of sp³-hybridized carbons (Fsp3) is 0.429. The second-order valence-electron chi connectivity index (χ2n) is 4.12. The van der Waals surface area contributed by atoms with Crippen LogP contribution >= 0.6 is 0 Å². The summed E-state index contributed by atoms with van der Waals surface area (Å²) in [5.41, 5.74) is 1.35. The van der Waals surface area contributed by atoms with Gasteiger partial charge in [-0.25, -0.2) is 0 Å². The van der Waals surface area contributed by atoms with Gasteiger partial charge < -0.3 is 5.11 Å². The van der Waals surface area contributed by atoms with E-state index in [1.54, 1.807) is 24.3 Å². The Morgan fingerprint density at radius 2 is 2.00 bits per heavy atom. The molecule has 0 aliphatic rings. The van der Waals surface area contributed by atoms with Crippen LogP contribution in [0.4, 0.5) is 0 Å². The second-order valence-corrected chi connectivity index (χ2v) is 4.12. The number of benzene rings is 1. The van der Waals surface area contributed by atoms with Gasteiger partial charge in [0.1, 0.15) is 0 Å². The van der Waals surface area contributed by atoms with Crippen molar-refractivity contribution in [3.8, 4) is 6.07 Å². The summed E-state index contributed by atoms with van der Waals surface area (Å²) in [5, 5.41) is 17.9. The third kappa shape index (κ3) is 3.92. The van der Waals surface area contributed by atoms with Gasteiger partial charge in [0.25, 0.3) is 0 Å². The van der Waals surface area contributed by atoms with Crippen LogP contribution in [0.3, 0.4) is 0 Å².